The Morgan fingerprint density at radius 1 is 0.750 bits per heavy atom. The maximum atomic E-state index is 8.71. The van der Waals surface area contributed by atoms with Crippen LogP contribution in [0.1, 0.15) is 12.8 Å². The van der Waals surface area contributed by atoms with Crippen molar-refractivity contribution in [1.82, 2.24) is 0 Å². The molecule has 1 aliphatic rings. The van der Waals surface area contributed by atoms with Crippen LogP contribution in [0.3, 0.4) is 0 Å². The lowest BCUT2D eigenvalue weighted by molar-refractivity contribution is 0.234. The Hall–Kier alpha value is 0.198. The zero-order valence-corrected chi connectivity index (χ0v) is 17.7. The summed E-state index contributed by atoms with van der Waals surface area (Å²) in [6.07, 6.45) is 1.36. The van der Waals surface area contributed by atoms with Crippen LogP contribution in [0.2, 0.25) is 51.9 Å². The summed E-state index contributed by atoms with van der Waals surface area (Å²) in [5.41, 5.74) is 0. The first-order valence-electron chi connectivity index (χ1n) is 7.06. The molecule has 5 nitrogen and oxygen atoms in total. The third-order valence-electron chi connectivity index (χ3n) is 2.83. The van der Waals surface area contributed by atoms with E-state index in [1.807, 2.05) is 0 Å². The van der Waals surface area contributed by atoms with Crippen LogP contribution >= 0.6 is 0 Å². The van der Waals surface area contributed by atoms with Gasteiger partial charge in [0.15, 0.2) is 0 Å². The number of hydrogen-bond acceptors (Lipinski definition) is 5. The number of nitriles is 1. The molecule has 0 atom stereocenters. The molecule has 0 saturated carbocycles. The van der Waals surface area contributed by atoms with Crippen LogP contribution in [0, 0.1) is 11.3 Å². The topological polar surface area (TPSA) is 60.7 Å². The van der Waals surface area contributed by atoms with Crippen molar-refractivity contribution in [2.45, 2.75) is 64.7 Å². The second kappa shape index (κ2) is 6.13. The van der Waals surface area contributed by atoms with Crippen molar-refractivity contribution in [3.8, 4) is 6.07 Å². The zero-order valence-electron chi connectivity index (χ0n) is 13.7. The van der Waals surface area contributed by atoms with Gasteiger partial charge in [-0.1, -0.05) is 0 Å². The fourth-order valence-electron chi connectivity index (χ4n) is 2.90. The molecule has 0 amide bonds. The normalized spacial score (nSPS) is 27.1. The molecule has 0 bridgehead atoms. The monoisotopic (exact) mass is 349 g/mol. The van der Waals surface area contributed by atoms with E-state index in [-0.39, 0.29) is 0 Å². The van der Waals surface area contributed by atoms with E-state index in [1.54, 1.807) is 0 Å². The smallest absolute Gasteiger partial charge is 0.317 e. The maximum Gasteiger partial charge on any atom is 0.317 e. The molecule has 1 saturated heterocycles. The molecule has 20 heavy (non-hydrogen) atoms. The summed E-state index contributed by atoms with van der Waals surface area (Å²) >= 11 is 0. The van der Waals surface area contributed by atoms with Crippen molar-refractivity contribution in [2.24, 2.45) is 0 Å². The number of hydrogen-bond donors (Lipinski definition) is 0. The molecule has 1 aliphatic heterocycles. The van der Waals surface area contributed by atoms with Crippen molar-refractivity contribution in [1.29, 1.82) is 5.26 Å². The van der Waals surface area contributed by atoms with Crippen LogP contribution in [0.4, 0.5) is 0 Å². The van der Waals surface area contributed by atoms with Gasteiger partial charge in [0.25, 0.3) is 0 Å². The standard InChI is InChI=1S/C11H27NO4Si4/c1-17(2)13-18(3,4)15-20(7,11-9-8-10-12)16-19(5,6)14-17/h8-9,11H2,1-7H3. The van der Waals surface area contributed by atoms with Gasteiger partial charge < -0.3 is 16.5 Å². The third kappa shape index (κ3) is 5.90. The Labute approximate surface area is 127 Å². The highest BCUT2D eigenvalue weighted by Gasteiger charge is 2.52. The van der Waals surface area contributed by atoms with Crippen molar-refractivity contribution in [3.05, 3.63) is 0 Å². The molecule has 1 fully saturated rings. The summed E-state index contributed by atoms with van der Waals surface area (Å²) in [7, 11) is -9.05. The highest BCUT2D eigenvalue weighted by atomic mass is 28.5. The summed E-state index contributed by atoms with van der Waals surface area (Å²) < 4.78 is 25.3. The van der Waals surface area contributed by atoms with Gasteiger partial charge in [0.1, 0.15) is 0 Å². The predicted molar refractivity (Wildman–Crippen MR) is 88.1 cm³/mol. The Morgan fingerprint density at radius 2 is 1.15 bits per heavy atom. The molecular weight excluding hydrogens is 322 g/mol. The first-order chi connectivity index (χ1) is 8.89. The van der Waals surface area contributed by atoms with Gasteiger partial charge >= 0.3 is 34.2 Å². The third-order valence-corrected chi connectivity index (χ3v) is 19.3. The molecule has 0 unspecified atom stereocenters. The van der Waals surface area contributed by atoms with Gasteiger partial charge in [-0.05, 0) is 58.3 Å². The summed E-state index contributed by atoms with van der Waals surface area (Å²) in [5.74, 6) is 0. The van der Waals surface area contributed by atoms with Crippen LogP contribution in [-0.4, -0.2) is 34.2 Å². The largest absolute Gasteiger partial charge is 0.416 e. The van der Waals surface area contributed by atoms with Crippen LogP contribution in [0.15, 0.2) is 0 Å². The molecule has 0 aromatic heterocycles. The highest BCUT2D eigenvalue weighted by Crippen LogP contribution is 2.33. The minimum atomic E-state index is -2.35. The fourth-order valence-corrected chi connectivity index (χ4v) is 24.5. The second-order valence-corrected chi connectivity index (χ2v) is 21.2. The van der Waals surface area contributed by atoms with Crippen LogP contribution in [0.5, 0.6) is 0 Å². The van der Waals surface area contributed by atoms with Crippen LogP contribution in [0.25, 0.3) is 0 Å². The van der Waals surface area contributed by atoms with Gasteiger partial charge in [0.2, 0.25) is 0 Å². The van der Waals surface area contributed by atoms with Crippen molar-refractivity contribution in [2.75, 3.05) is 0 Å². The van der Waals surface area contributed by atoms with E-state index in [0.717, 1.165) is 12.5 Å². The molecule has 0 N–H and O–H groups in total. The lowest BCUT2D eigenvalue weighted by Gasteiger charge is -2.47. The molecule has 9 heteroatoms. The molecular formula is C11H27NO4Si4. The summed E-state index contributed by atoms with van der Waals surface area (Å²) in [4.78, 5) is 0. The molecule has 0 aromatic rings. The van der Waals surface area contributed by atoms with Gasteiger partial charge in [-0.3, -0.25) is 0 Å². The fraction of sp³-hybridized carbons (Fsp3) is 0.909. The predicted octanol–water partition coefficient (Wildman–Crippen LogP) is 3.55. The average molecular weight is 350 g/mol. The molecule has 0 spiro atoms. The minimum Gasteiger partial charge on any atom is -0.416 e. The number of unbranched alkanes of at least 4 members (excludes halogenated alkanes) is 1. The Balaban J connectivity index is 2.94. The van der Waals surface area contributed by atoms with E-state index < -0.39 is 34.2 Å². The Kier molecular flexibility index (Phi) is 5.59. The van der Waals surface area contributed by atoms with Gasteiger partial charge in [-0.25, -0.2) is 0 Å². The van der Waals surface area contributed by atoms with Gasteiger partial charge in [-0.15, -0.1) is 0 Å². The lowest BCUT2D eigenvalue weighted by atomic mass is 10.4. The van der Waals surface area contributed by atoms with E-state index in [0.29, 0.717) is 6.42 Å². The summed E-state index contributed by atoms with van der Waals surface area (Å²) in [6, 6.07) is 3.01. The molecule has 1 rings (SSSR count). The second-order valence-electron chi connectivity index (χ2n) is 6.75. The SMILES string of the molecule is C[Si]1(C)O[Si](C)(C)O[Si](C)(CCCC#N)O[Si](C)(C)O1. The van der Waals surface area contributed by atoms with E-state index in [2.05, 4.69) is 51.9 Å². The molecule has 0 aromatic carbocycles. The van der Waals surface area contributed by atoms with Gasteiger partial charge in [0.05, 0.1) is 6.07 Å². The average Bonchev–Trinajstić information content (AvgIpc) is 2.08. The Bertz CT molecular complexity index is 372. The van der Waals surface area contributed by atoms with Crippen molar-refractivity contribution < 1.29 is 16.5 Å². The molecule has 0 radical (unpaired) electrons. The Morgan fingerprint density at radius 3 is 1.55 bits per heavy atom. The molecule has 0 aliphatic carbocycles. The van der Waals surface area contributed by atoms with E-state index in [4.69, 9.17) is 21.7 Å². The quantitative estimate of drug-likeness (QED) is 0.576. The van der Waals surface area contributed by atoms with Crippen LogP contribution in [-0.2, 0) is 16.5 Å². The lowest BCUT2D eigenvalue weighted by Crippen LogP contribution is -2.64. The minimum absolute atomic E-state index is 0.543. The number of rotatable bonds is 3. The van der Waals surface area contributed by atoms with Crippen LogP contribution < -0.4 is 0 Å². The van der Waals surface area contributed by atoms with Crippen molar-refractivity contribution in [3.63, 3.8) is 0 Å². The van der Waals surface area contributed by atoms with Crippen molar-refractivity contribution >= 4 is 34.2 Å². The van der Waals surface area contributed by atoms with E-state index in [9.17, 15) is 0 Å². The highest BCUT2D eigenvalue weighted by molar-refractivity contribution is 6.93. The summed E-state index contributed by atoms with van der Waals surface area (Å²) in [6.45, 7) is 14.4. The zero-order chi connectivity index (χ0) is 15.7. The first-order valence-corrected chi connectivity index (χ1v) is 18.0. The van der Waals surface area contributed by atoms with E-state index >= 15 is 0 Å². The molecule has 1 heterocycles. The number of nitrogens with zero attached hydrogens (tertiary/aromatic N) is 1. The van der Waals surface area contributed by atoms with E-state index in [1.165, 1.54) is 0 Å². The van der Waals surface area contributed by atoms with Gasteiger partial charge in [-0.2, -0.15) is 5.26 Å². The first kappa shape index (κ1) is 18.2. The van der Waals surface area contributed by atoms with Gasteiger partial charge in [0, 0.05) is 6.42 Å². The maximum absolute atomic E-state index is 8.71. The molecule has 116 valence electrons. The summed E-state index contributed by atoms with van der Waals surface area (Å²) in [5, 5.41) is 8.71.